The Balaban J connectivity index is 2.29. The molecular formula is C7H14N2O2. The minimum Gasteiger partial charge on any atom is -0.480 e. The van der Waals surface area contributed by atoms with Gasteiger partial charge >= 0.3 is 5.97 Å². The summed E-state index contributed by atoms with van der Waals surface area (Å²) in [6, 6.07) is 0. The highest BCUT2D eigenvalue weighted by molar-refractivity contribution is 5.82. The van der Waals surface area contributed by atoms with Gasteiger partial charge in [0.1, 0.15) is 5.54 Å². The lowest BCUT2D eigenvalue weighted by molar-refractivity contribution is -0.140. The standard InChI is InChI=1S/C7H14N2O2/c8-3-1-2-5-4-7(5,9)6(10)11/h5H,1-4,8-9H2,(H,10,11). The molecule has 0 radical (unpaired) electrons. The fourth-order valence-electron chi connectivity index (χ4n) is 1.33. The highest BCUT2D eigenvalue weighted by Gasteiger charge is 2.56. The summed E-state index contributed by atoms with van der Waals surface area (Å²) in [6.45, 7) is 0.617. The molecule has 1 fully saturated rings. The molecule has 64 valence electrons. The molecule has 0 spiro atoms. The van der Waals surface area contributed by atoms with Crippen molar-refractivity contribution in [2.45, 2.75) is 24.8 Å². The van der Waals surface area contributed by atoms with E-state index in [1.807, 2.05) is 0 Å². The molecule has 0 aromatic carbocycles. The van der Waals surface area contributed by atoms with E-state index < -0.39 is 11.5 Å². The molecule has 2 unspecified atom stereocenters. The maximum atomic E-state index is 10.5. The van der Waals surface area contributed by atoms with Crippen molar-refractivity contribution in [3.63, 3.8) is 0 Å². The lowest BCUT2D eigenvalue weighted by Gasteiger charge is -2.03. The number of hydrogen-bond donors (Lipinski definition) is 3. The molecule has 2 atom stereocenters. The van der Waals surface area contributed by atoms with E-state index in [0.717, 1.165) is 12.8 Å². The van der Waals surface area contributed by atoms with Crippen molar-refractivity contribution in [3.05, 3.63) is 0 Å². The number of aliphatic carboxylic acids is 1. The van der Waals surface area contributed by atoms with E-state index in [1.54, 1.807) is 0 Å². The number of nitrogens with two attached hydrogens (primary N) is 2. The van der Waals surface area contributed by atoms with E-state index >= 15 is 0 Å². The van der Waals surface area contributed by atoms with Gasteiger partial charge in [0.05, 0.1) is 0 Å². The van der Waals surface area contributed by atoms with Gasteiger partial charge in [0, 0.05) is 0 Å². The van der Waals surface area contributed by atoms with Crippen LogP contribution in [0, 0.1) is 5.92 Å². The summed E-state index contributed by atoms with van der Waals surface area (Å²) < 4.78 is 0. The second-order valence-corrected chi connectivity index (χ2v) is 3.18. The molecule has 0 aromatic rings. The minimum atomic E-state index is -0.921. The molecule has 1 aliphatic carbocycles. The number of carboxylic acids is 1. The topological polar surface area (TPSA) is 89.3 Å². The van der Waals surface area contributed by atoms with E-state index in [-0.39, 0.29) is 5.92 Å². The summed E-state index contributed by atoms with van der Waals surface area (Å²) in [5.74, 6) is -0.719. The summed E-state index contributed by atoms with van der Waals surface area (Å²) in [6.07, 6.45) is 2.33. The van der Waals surface area contributed by atoms with Gasteiger partial charge in [-0.2, -0.15) is 0 Å². The minimum absolute atomic E-state index is 0.156. The predicted octanol–water partition coefficient (Wildman–Crippen LogP) is -0.473. The molecule has 0 bridgehead atoms. The van der Waals surface area contributed by atoms with Crippen LogP contribution in [0.25, 0.3) is 0 Å². The average Bonchev–Trinajstić information content (AvgIpc) is 2.59. The van der Waals surface area contributed by atoms with Gasteiger partial charge in [-0.3, -0.25) is 4.79 Å². The largest absolute Gasteiger partial charge is 0.480 e. The van der Waals surface area contributed by atoms with Gasteiger partial charge in [-0.15, -0.1) is 0 Å². The van der Waals surface area contributed by atoms with Crippen molar-refractivity contribution >= 4 is 5.97 Å². The third-order valence-corrected chi connectivity index (χ3v) is 2.31. The fraction of sp³-hybridized carbons (Fsp3) is 0.857. The quantitative estimate of drug-likeness (QED) is 0.516. The Labute approximate surface area is 65.6 Å². The van der Waals surface area contributed by atoms with Crippen LogP contribution in [-0.2, 0) is 4.79 Å². The molecule has 1 rings (SSSR count). The van der Waals surface area contributed by atoms with E-state index in [2.05, 4.69) is 0 Å². The first-order chi connectivity index (χ1) is 5.11. The first-order valence-electron chi connectivity index (χ1n) is 3.83. The maximum absolute atomic E-state index is 10.5. The Morgan fingerprint density at radius 2 is 2.36 bits per heavy atom. The Morgan fingerprint density at radius 1 is 1.73 bits per heavy atom. The van der Waals surface area contributed by atoms with Crippen LogP contribution < -0.4 is 11.5 Å². The van der Waals surface area contributed by atoms with E-state index in [1.165, 1.54) is 0 Å². The summed E-state index contributed by atoms with van der Waals surface area (Å²) in [4.78, 5) is 10.5. The van der Waals surface area contributed by atoms with E-state index in [0.29, 0.717) is 13.0 Å². The third-order valence-electron chi connectivity index (χ3n) is 2.31. The number of carboxylic acid groups (broad SMARTS) is 1. The van der Waals surface area contributed by atoms with Gasteiger partial charge in [-0.05, 0) is 31.7 Å². The zero-order valence-corrected chi connectivity index (χ0v) is 6.42. The van der Waals surface area contributed by atoms with Crippen molar-refractivity contribution < 1.29 is 9.90 Å². The molecule has 0 amide bonds. The second kappa shape index (κ2) is 2.79. The highest BCUT2D eigenvalue weighted by atomic mass is 16.4. The predicted molar refractivity (Wildman–Crippen MR) is 40.9 cm³/mol. The SMILES string of the molecule is NCCCC1CC1(N)C(=O)O. The van der Waals surface area contributed by atoms with Crippen LogP contribution in [0.1, 0.15) is 19.3 Å². The first kappa shape index (κ1) is 8.49. The lowest BCUT2D eigenvalue weighted by atomic mass is 10.1. The average molecular weight is 158 g/mol. The number of carbonyl (C=O) groups is 1. The van der Waals surface area contributed by atoms with Crippen LogP contribution in [0.3, 0.4) is 0 Å². The molecular weight excluding hydrogens is 144 g/mol. The van der Waals surface area contributed by atoms with Gasteiger partial charge in [-0.25, -0.2) is 0 Å². The maximum Gasteiger partial charge on any atom is 0.323 e. The Kier molecular flexibility index (Phi) is 2.15. The van der Waals surface area contributed by atoms with Crippen LogP contribution in [-0.4, -0.2) is 23.2 Å². The monoisotopic (exact) mass is 158 g/mol. The summed E-state index contributed by atoms with van der Waals surface area (Å²) in [5, 5.41) is 8.63. The molecule has 1 saturated carbocycles. The highest BCUT2D eigenvalue weighted by Crippen LogP contribution is 2.44. The summed E-state index contributed by atoms with van der Waals surface area (Å²) >= 11 is 0. The summed E-state index contributed by atoms with van der Waals surface area (Å²) in [5.41, 5.74) is 9.89. The summed E-state index contributed by atoms with van der Waals surface area (Å²) in [7, 11) is 0. The smallest absolute Gasteiger partial charge is 0.323 e. The van der Waals surface area contributed by atoms with Gasteiger partial charge in [0.15, 0.2) is 0 Å². The molecule has 11 heavy (non-hydrogen) atoms. The molecule has 0 aliphatic heterocycles. The van der Waals surface area contributed by atoms with Crippen LogP contribution in [0.4, 0.5) is 0 Å². The van der Waals surface area contributed by atoms with Crippen molar-refractivity contribution in [3.8, 4) is 0 Å². The Morgan fingerprint density at radius 3 is 2.73 bits per heavy atom. The molecule has 4 nitrogen and oxygen atoms in total. The molecule has 1 aliphatic rings. The normalized spacial score (nSPS) is 35.3. The fourth-order valence-corrected chi connectivity index (χ4v) is 1.33. The van der Waals surface area contributed by atoms with Crippen molar-refractivity contribution in [1.29, 1.82) is 0 Å². The number of hydrogen-bond acceptors (Lipinski definition) is 3. The lowest BCUT2D eigenvalue weighted by Crippen LogP contribution is -2.35. The van der Waals surface area contributed by atoms with Gasteiger partial charge in [0.2, 0.25) is 0 Å². The Hall–Kier alpha value is -0.610. The van der Waals surface area contributed by atoms with Crippen LogP contribution >= 0.6 is 0 Å². The first-order valence-corrected chi connectivity index (χ1v) is 3.83. The zero-order valence-electron chi connectivity index (χ0n) is 6.42. The van der Waals surface area contributed by atoms with Gasteiger partial charge in [0.25, 0.3) is 0 Å². The molecule has 0 saturated heterocycles. The van der Waals surface area contributed by atoms with Crippen molar-refractivity contribution in [1.82, 2.24) is 0 Å². The third kappa shape index (κ3) is 1.52. The van der Waals surface area contributed by atoms with Crippen LogP contribution in [0.15, 0.2) is 0 Å². The van der Waals surface area contributed by atoms with Crippen molar-refractivity contribution in [2.75, 3.05) is 6.54 Å². The molecule has 0 aromatic heterocycles. The molecule has 0 heterocycles. The number of rotatable bonds is 4. The van der Waals surface area contributed by atoms with Crippen molar-refractivity contribution in [2.24, 2.45) is 17.4 Å². The zero-order chi connectivity index (χ0) is 8.48. The van der Waals surface area contributed by atoms with Gasteiger partial charge in [-0.1, -0.05) is 0 Å². The van der Waals surface area contributed by atoms with Crippen LogP contribution in [0.2, 0.25) is 0 Å². The molecule has 4 heteroatoms. The van der Waals surface area contributed by atoms with Crippen LogP contribution in [0.5, 0.6) is 0 Å². The van der Waals surface area contributed by atoms with E-state index in [9.17, 15) is 4.79 Å². The Bertz CT molecular complexity index is 172. The second-order valence-electron chi connectivity index (χ2n) is 3.18. The molecule has 5 N–H and O–H groups in total. The van der Waals surface area contributed by atoms with Gasteiger partial charge < -0.3 is 16.6 Å². The van der Waals surface area contributed by atoms with E-state index in [4.69, 9.17) is 16.6 Å².